The second-order valence-corrected chi connectivity index (χ2v) is 5.13. The maximum Gasteiger partial charge on any atom is 0.148 e. The van der Waals surface area contributed by atoms with Crippen molar-refractivity contribution in [3.63, 3.8) is 0 Å². The Morgan fingerprint density at radius 3 is 2.75 bits per heavy atom. The Morgan fingerprint density at radius 1 is 1.00 bits per heavy atom. The molecule has 0 aliphatic rings. The number of nitrogens with one attached hydrogen (secondary N) is 1. The van der Waals surface area contributed by atoms with E-state index in [9.17, 15) is 8.78 Å². The first kappa shape index (κ1) is 14.3. The molecule has 0 radical (unpaired) electrons. The average Bonchev–Trinajstić information content (AvgIpc) is 3.04. The van der Waals surface area contributed by atoms with Gasteiger partial charge in [-0.05, 0) is 30.3 Å². The summed E-state index contributed by atoms with van der Waals surface area (Å²) in [4.78, 5) is 8.24. The summed E-state index contributed by atoms with van der Waals surface area (Å²) in [7, 11) is 0. The van der Waals surface area contributed by atoms with Gasteiger partial charge in [0.25, 0.3) is 0 Å². The lowest BCUT2D eigenvalue weighted by Crippen LogP contribution is -1.98. The van der Waals surface area contributed by atoms with Gasteiger partial charge in [0, 0.05) is 5.39 Å². The van der Waals surface area contributed by atoms with Crippen LogP contribution in [-0.4, -0.2) is 19.7 Å². The van der Waals surface area contributed by atoms with Crippen molar-refractivity contribution in [1.29, 1.82) is 0 Å². The Hall–Kier alpha value is -3.35. The summed E-state index contributed by atoms with van der Waals surface area (Å²) in [5.74, 6) is -0.295. The summed E-state index contributed by atoms with van der Waals surface area (Å²) >= 11 is 0. The highest BCUT2D eigenvalue weighted by molar-refractivity contribution is 5.90. The van der Waals surface area contributed by atoms with E-state index in [0.29, 0.717) is 28.1 Å². The Balaban J connectivity index is 1.70. The van der Waals surface area contributed by atoms with E-state index < -0.39 is 0 Å². The molecule has 0 amide bonds. The number of anilines is 2. The molecule has 0 aliphatic carbocycles. The number of aromatic nitrogens is 4. The first-order chi connectivity index (χ1) is 11.7. The van der Waals surface area contributed by atoms with Crippen molar-refractivity contribution in [2.24, 2.45) is 0 Å². The lowest BCUT2D eigenvalue weighted by atomic mass is 10.2. The molecule has 1 N–H and O–H groups in total. The fourth-order valence-corrected chi connectivity index (χ4v) is 2.42. The summed E-state index contributed by atoms with van der Waals surface area (Å²) in [6.07, 6.45) is 4.56. The van der Waals surface area contributed by atoms with Gasteiger partial charge in [0.05, 0.1) is 23.6 Å². The van der Waals surface area contributed by atoms with Gasteiger partial charge in [0.1, 0.15) is 29.5 Å². The van der Waals surface area contributed by atoms with Gasteiger partial charge in [-0.3, -0.25) is 0 Å². The number of hydrogen-bond acceptors (Lipinski definition) is 4. The molecule has 0 atom stereocenters. The molecule has 2 heterocycles. The van der Waals surface area contributed by atoms with E-state index in [2.05, 4.69) is 20.4 Å². The lowest BCUT2D eigenvalue weighted by Gasteiger charge is -2.06. The average molecular weight is 323 g/mol. The van der Waals surface area contributed by atoms with Crippen LogP contribution in [0.3, 0.4) is 0 Å². The molecule has 0 bridgehead atoms. The van der Waals surface area contributed by atoms with Crippen LogP contribution in [0.25, 0.3) is 16.6 Å². The Morgan fingerprint density at radius 2 is 1.88 bits per heavy atom. The molecular weight excluding hydrogens is 312 g/mol. The van der Waals surface area contributed by atoms with Gasteiger partial charge in [-0.15, -0.1) is 0 Å². The highest BCUT2D eigenvalue weighted by Gasteiger charge is 2.09. The fourth-order valence-electron chi connectivity index (χ4n) is 2.42. The maximum absolute atomic E-state index is 13.8. The van der Waals surface area contributed by atoms with Gasteiger partial charge in [-0.25, -0.2) is 23.4 Å². The van der Waals surface area contributed by atoms with Crippen molar-refractivity contribution in [1.82, 2.24) is 19.7 Å². The summed E-state index contributed by atoms with van der Waals surface area (Å²) < 4.78 is 28.7. The minimum absolute atomic E-state index is 0.337. The van der Waals surface area contributed by atoms with E-state index in [1.165, 1.54) is 29.2 Å². The molecule has 5 nitrogen and oxygen atoms in total. The van der Waals surface area contributed by atoms with E-state index in [1.54, 1.807) is 36.7 Å². The zero-order valence-corrected chi connectivity index (χ0v) is 12.3. The maximum atomic E-state index is 13.8. The molecule has 0 saturated carbocycles. The standard InChI is InChI=1S/C17H11F2N5/c18-11-5-6-15-13(7-11)17(21-10-20-15)23-12-8-22-24(9-12)16-4-2-1-3-14(16)19/h1-10H,(H,20,21,23). The molecule has 4 rings (SSSR count). The van der Waals surface area contributed by atoms with Crippen molar-refractivity contribution in [3.05, 3.63) is 72.8 Å². The number of hydrogen-bond donors (Lipinski definition) is 1. The van der Waals surface area contributed by atoms with E-state index >= 15 is 0 Å². The normalized spacial score (nSPS) is 10.9. The number of para-hydroxylation sites is 1. The predicted octanol–water partition coefficient (Wildman–Crippen LogP) is 3.84. The minimum Gasteiger partial charge on any atom is -0.337 e. The Bertz CT molecular complexity index is 1030. The van der Waals surface area contributed by atoms with E-state index in [1.807, 2.05) is 0 Å². The largest absolute Gasteiger partial charge is 0.337 e. The Labute approximate surface area is 135 Å². The lowest BCUT2D eigenvalue weighted by molar-refractivity contribution is 0.611. The SMILES string of the molecule is Fc1ccc2ncnc(Nc3cnn(-c4ccccc4F)c3)c2c1. The number of benzene rings is 2. The van der Waals surface area contributed by atoms with Crippen LogP contribution in [0.15, 0.2) is 61.2 Å². The topological polar surface area (TPSA) is 55.6 Å². The van der Waals surface area contributed by atoms with Gasteiger partial charge in [-0.1, -0.05) is 12.1 Å². The molecule has 0 saturated heterocycles. The third-order valence-corrected chi connectivity index (χ3v) is 3.54. The highest BCUT2D eigenvalue weighted by Crippen LogP contribution is 2.24. The van der Waals surface area contributed by atoms with Crippen molar-refractivity contribution < 1.29 is 8.78 Å². The molecule has 24 heavy (non-hydrogen) atoms. The quantitative estimate of drug-likeness (QED) is 0.622. The zero-order chi connectivity index (χ0) is 16.5. The van der Waals surface area contributed by atoms with Gasteiger partial charge in [-0.2, -0.15) is 5.10 Å². The summed E-state index contributed by atoms with van der Waals surface area (Å²) in [6.45, 7) is 0. The summed E-state index contributed by atoms with van der Waals surface area (Å²) in [6, 6.07) is 10.6. The number of halogens is 2. The molecular formula is C17H11F2N5. The van der Waals surface area contributed by atoms with E-state index in [-0.39, 0.29) is 11.6 Å². The van der Waals surface area contributed by atoms with Crippen LogP contribution in [-0.2, 0) is 0 Å². The van der Waals surface area contributed by atoms with Crippen molar-refractivity contribution in [3.8, 4) is 5.69 Å². The molecule has 0 fully saturated rings. The summed E-state index contributed by atoms with van der Waals surface area (Å²) in [5, 5.41) is 7.75. The van der Waals surface area contributed by atoms with E-state index in [0.717, 1.165) is 0 Å². The number of nitrogens with zero attached hydrogens (tertiary/aromatic N) is 4. The second kappa shape index (κ2) is 5.69. The molecule has 0 aliphatic heterocycles. The highest BCUT2D eigenvalue weighted by atomic mass is 19.1. The van der Waals surface area contributed by atoms with Crippen LogP contribution < -0.4 is 5.32 Å². The van der Waals surface area contributed by atoms with E-state index in [4.69, 9.17) is 0 Å². The van der Waals surface area contributed by atoms with Crippen LogP contribution >= 0.6 is 0 Å². The molecule has 7 heteroatoms. The van der Waals surface area contributed by atoms with Gasteiger partial charge in [0.15, 0.2) is 0 Å². The van der Waals surface area contributed by atoms with Crippen LogP contribution in [0.5, 0.6) is 0 Å². The number of fused-ring (bicyclic) bond motifs is 1. The summed E-state index contributed by atoms with van der Waals surface area (Å²) in [5.41, 5.74) is 1.56. The molecule has 0 unspecified atom stereocenters. The van der Waals surface area contributed by atoms with Gasteiger partial charge in [0.2, 0.25) is 0 Å². The van der Waals surface area contributed by atoms with Crippen LogP contribution in [0.4, 0.5) is 20.3 Å². The first-order valence-corrected chi connectivity index (χ1v) is 7.17. The third-order valence-electron chi connectivity index (χ3n) is 3.54. The van der Waals surface area contributed by atoms with Crippen molar-refractivity contribution in [2.75, 3.05) is 5.32 Å². The van der Waals surface area contributed by atoms with Crippen LogP contribution in [0.2, 0.25) is 0 Å². The van der Waals surface area contributed by atoms with Crippen LogP contribution in [0.1, 0.15) is 0 Å². The zero-order valence-electron chi connectivity index (χ0n) is 12.3. The second-order valence-electron chi connectivity index (χ2n) is 5.13. The molecule has 0 spiro atoms. The molecule has 118 valence electrons. The monoisotopic (exact) mass is 323 g/mol. The minimum atomic E-state index is -0.373. The third kappa shape index (κ3) is 2.56. The first-order valence-electron chi connectivity index (χ1n) is 7.17. The predicted molar refractivity (Wildman–Crippen MR) is 86.3 cm³/mol. The molecule has 2 aromatic carbocycles. The fraction of sp³-hybridized carbons (Fsp3) is 0. The van der Waals surface area contributed by atoms with Crippen molar-refractivity contribution >= 4 is 22.4 Å². The van der Waals surface area contributed by atoms with Crippen molar-refractivity contribution in [2.45, 2.75) is 0 Å². The Kier molecular flexibility index (Phi) is 3.38. The smallest absolute Gasteiger partial charge is 0.148 e. The molecule has 4 aromatic rings. The van der Waals surface area contributed by atoms with Gasteiger partial charge < -0.3 is 5.32 Å². The molecule has 2 aromatic heterocycles. The van der Waals surface area contributed by atoms with Gasteiger partial charge >= 0.3 is 0 Å². The number of rotatable bonds is 3. The van der Waals surface area contributed by atoms with Crippen LogP contribution in [0, 0.1) is 11.6 Å².